The molecule has 0 unspecified atom stereocenters. The summed E-state index contributed by atoms with van der Waals surface area (Å²) in [6.07, 6.45) is 1.17. The highest BCUT2D eigenvalue weighted by atomic mass is 19.4. The number of nitrogens with one attached hydrogen (secondary N) is 2. The zero-order valence-electron chi connectivity index (χ0n) is 17.6. The summed E-state index contributed by atoms with van der Waals surface area (Å²) < 4.78 is 49.6. The van der Waals surface area contributed by atoms with Crippen molar-refractivity contribution in [2.45, 2.75) is 31.7 Å². The Labute approximate surface area is 190 Å². The summed E-state index contributed by atoms with van der Waals surface area (Å²) in [5, 5.41) is 8.81. The summed E-state index contributed by atoms with van der Waals surface area (Å²) in [6.45, 7) is -0.202. The Morgan fingerprint density at radius 3 is 2.85 bits per heavy atom. The number of anilines is 2. The Morgan fingerprint density at radius 1 is 1.32 bits per heavy atom. The fraction of sp³-hybridized carbons (Fsp3) is 0.350. The highest BCUT2D eigenvalue weighted by Crippen LogP contribution is 2.23. The second kappa shape index (κ2) is 9.51. The average Bonchev–Trinajstić information content (AvgIpc) is 3.53. The van der Waals surface area contributed by atoms with E-state index in [1.54, 1.807) is 0 Å². The van der Waals surface area contributed by atoms with Gasteiger partial charge < -0.3 is 25.5 Å². The van der Waals surface area contributed by atoms with Gasteiger partial charge in [0.25, 0.3) is 11.8 Å². The average molecular weight is 479 g/mol. The van der Waals surface area contributed by atoms with Crippen molar-refractivity contribution in [1.29, 1.82) is 0 Å². The Morgan fingerprint density at radius 2 is 2.15 bits per heavy atom. The number of pyridine rings is 1. The lowest BCUT2D eigenvalue weighted by Gasteiger charge is -2.08. The third kappa shape index (κ3) is 5.70. The summed E-state index contributed by atoms with van der Waals surface area (Å²) in [5.74, 6) is -1.56. The Hall–Kier alpha value is -3.94. The van der Waals surface area contributed by atoms with Crippen LogP contribution < -0.4 is 16.4 Å². The second-order valence-electron chi connectivity index (χ2n) is 7.50. The molecule has 14 heteroatoms. The summed E-state index contributed by atoms with van der Waals surface area (Å²) in [4.78, 5) is 32.3. The minimum atomic E-state index is -4.41. The van der Waals surface area contributed by atoms with Crippen LogP contribution in [0.25, 0.3) is 11.5 Å². The van der Waals surface area contributed by atoms with E-state index in [4.69, 9.17) is 14.9 Å². The molecular weight excluding hydrogens is 459 g/mol. The van der Waals surface area contributed by atoms with Gasteiger partial charge in [0.1, 0.15) is 18.6 Å². The van der Waals surface area contributed by atoms with Crippen molar-refractivity contribution >= 4 is 23.3 Å². The zero-order valence-corrected chi connectivity index (χ0v) is 17.6. The van der Waals surface area contributed by atoms with Gasteiger partial charge in [0.2, 0.25) is 5.89 Å². The first kappa shape index (κ1) is 23.2. The second-order valence-corrected chi connectivity index (χ2v) is 7.50. The summed E-state index contributed by atoms with van der Waals surface area (Å²) in [5.41, 5.74) is 5.54. The van der Waals surface area contributed by atoms with Gasteiger partial charge >= 0.3 is 6.18 Å². The fourth-order valence-corrected chi connectivity index (χ4v) is 3.33. The van der Waals surface area contributed by atoms with E-state index in [0.717, 1.165) is 19.1 Å². The van der Waals surface area contributed by atoms with Crippen LogP contribution in [0.3, 0.4) is 0 Å². The maximum absolute atomic E-state index is 12.7. The molecule has 4 N–H and O–H groups in total. The maximum Gasteiger partial charge on any atom is 0.405 e. The molecule has 4 heterocycles. The predicted molar refractivity (Wildman–Crippen MR) is 112 cm³/mol. The Bertz CT molecular complexity index is 1190. The number of carbonyl (C=O) groups is 2. The highest BCUT2D eigenvalue weighted by Gasteiger charge is 2.27. The van der Waals surface area contributed by atoms with Crippen molar-refractivity contribution in [1.82, 2.24) is 19.7 Å². The Balaban J connectivity index is 1.47. The van der Waals surface area contributed by atoms with Crippen LogP contribution in [0.15, 0.2) is 35.2 Å². The standard InChI is InChI=1S/C20H20F3N7O4/c21-20(22,23)10-26-15-6-11(3-4-25-15)19-28-14(9-34-19)18(32)27-13-8-30(29-16(13)17(24)31)7-12-2-1-5-33-12/h3-4,6,8-9,12H,1-2,5,7,10H2,(H2,24,31)(H,25,26)(H,27,32)/t12-/m0/s1. The number of carbonyl (C=O) groups excluding carboxylic acids is 2. The molecule has 0 aromatic carbocycles. The number of hydrogen-bond donors (Lipinski definition) is 3. The van der Waals surface area contributed by atoms with Crippen LogP contribution in [0.2, 0.25) is 0 Å². The predicted octanol–water partition coefficient (Wildman–Crippen LogP) is 2.44. The molecule has 0 saturated carbocycles. The first-order chi connectivity index (χ1) is 16.2. The summed E-state index contributed by atoms with van der Waals surface area (Å²) >= 11 is 0. The van der Waals surface area contributed by atoms with E-state index in [-0.39, 0.29) is 34.9 Å². The molecule has 0 radical (unpaired) electrons. The molecule has 3 aromatic rings. The molecular formula is C20H20F3N7O4. The van der Waals surface area contributed by atoms with Crippen LogP contribution in [0.5, 0.6) is 0 Å². The molecule has 34 heavy (non-hydrogen) atoms. The largest absolute Gasteiger partial charge is 0.444 e. The number of nitrogens with two attached hydrogens (primary N) is 1. The van der Waals surface area contributed by atoms with Crippen molar-refractivity contribution in [3.63, 3.8) is 0 Å². The van der Waals surface area contributed by atoms with E-state index in [1.165, 1.54) is 29.2 Å². The van der Waals surface area contributed by atoms with E-state index >= 15 is 0 Å². The number of nitrogens with zero attached hydrogens (tertiary/aromatic N) is 4. The normalized spacial score (nSPS) is 15.9. The minimum absolute atomic E-state index is 0.00758. The number of hydrogen-bond acceptors (Lipinski definition) is 8. The van der Waals surface area contributed by atoms with E-state index in [2.05, 4.69) is 25.7 Å². The first-order valence-electron chi connectivity index (χ1n) is 10.2. The lowest BCUT2D eigenvalue weighted by molar-refractivity contribution is -0.115. The van der Waals surface area contributed by atoms with E-state index in [1.807, 2.05) is 0 Å². The van der Waals surface area contributed by atoms with Crippen LogP contribution in [0.4, 0.5) is 24.7 Å². The van der Waals surface area contributed by atoms with Gasteiger partial charge in [0.05, 0.1) is 18.3 Å². The number of halogens is 3. The van der Waals surface area contributed by atoms with Crippen molar-refractivity contribution in [2.75, 3.05) is 23.8 Å². The lowest BCUT2D eigenvalue weighted by atomic mass is 10.2. The smallest absolute Gasteiger partial charge is 0.405 e. The van der Waals surface area contributed by atoms with Gasteiger partial charge in [0.15, 0.2) is 11.4 Å². The molecule has 4 rings (SSSR count). The van der Waals surface area contributed by atoms with Crippen molar-refractivity contribution in [3.8, 4) is 11.5 Å². The number of primary amides is 1. The minimum Gasteiger partial charge on any atom is -0.444 e. The zero-order chi connectivity index (χ0) is 24.3. The van der Waals surface area contributed by atoms with Crippen LogP contribution in [-0.4, -0.2) is 57.0 Å². The van der Waals surface area contributed by atoms with Crippen molar-refractivity contribution < 1.29 is 31.9 Å². The molecule has 1 atom stereocenters. The highest BCUT2D eigenvalue weighted by molar-refractivity contribution is 6.07. The van der Waals surface area contributed by atoms with Crippen molar-refractivity contribution in [2.24, 2.45) is 5.73 Å². The van der Waals surface area contributed by atoms with Gasteiger partial charge in [-0.05, 0) is 25.0 Å². The number of amides is 2. The topological polar surface area (TPSA) is 150 Å². The van der Waals surface area contributed by atoms with Crippen molar-refractivity contribution in [3.05, 3.63) is 42.2 Å². The molecule has 0 bridgehead atoms. The van der Waals surface area contributed by atoms with Crippen LogP contribution >= 0.6 is 0 Å². The van der Waals surface area contributed by atoms with Gasteiger partial charge in [-0.15, -0.1) is 0 Å². The molecule has 0 spiro atoms. The molecule has 11 nitrogen and oxygen atoms in total. The number of ether oxygens (including phenoxy) is 1. The summed E-state index contributed by atoms with van der Waals surface area (Å²) in [6, 6.07) is 2.77. The number of oxazole rings is 1. The van der Waals surface area contributed by atoms with Gasteiger partial charge in [-0.25, -0.2) is 9.97 Å². The van der Waals surface area contributed by atoms with Gasteiger partial charge in [0, 0.05) is 24.6 Å². The first-order valence-corrected chi connectivity index (χ1v) is 10.2. The van der Waals surface area contributed by atoms with E-state index < -0.39 is 24.5 Å². The van der Waals surface area contributed by atoms with E-state index in [9.17, 15) is 22.8 Å². The molecule has 3 aromatic heterocycles. The molecule has 1 aliphatic heterocycles. The number of rotatable bonds is 8. The third-order valence-corrected chi connectivity index (χ3v) is 4.87. The van der Waals surface area contributed by atoms with Gasteiger partial charge in [-0.3, -0.25) is 14.3 Å². The quantitative estimate of drug-likeness (QED) is 0.446. The Kier molecular flexibility index (Phi) is 6.49. The van der Waals surface area contributed by atoms with Gasteiger partial charge in [-0.1, -0.05) is 0 Å². The monoisotopic (exact) mass is 479 g/mol. The number of aromatic nitrogens is 4. The summed E-state index contributed by atoms with van der Waals surface area (Å²) in [7, 11) is 0. The molecule has 180 valence electrons. The lowest BCUT2D eigenvalue weighted by Crippen LogP contribution is -2.21. The molecule has 1 fully saturated rings. The third-order valence-electron chi connectivity index (χ3n) is 4.87. The number of alkyl halides is 3. The van der Waals surface area contributed by atoms with Crippen LogP contribution in [0, 0.1) is 0 Å². The molecule has 0 aliphatic carbocycles. The van der Waals surface area contributed by atoms with E-state index in [0.29, 0.717) is 18.7 Å². The molecule has 2 amide bonds. The fourth-order valence-electron chi connectivity index (χ4n) is 3.33. The van der Waals surface area contributed by atoms with Crippen LogP contribution in [-0.2, 0) is 11.3 Å². The SMILES string of the molecule is NC(=O)c1nn(C[C@@H]2CCCO2)cc1NC(=O)c1coc(-c2ccnc(NCC(F)(F)F)c2)n1. The van der Waals surface area contributed by atoms with Gasteiger partial charge in [-0.2, -0.15) is 18.3 Å². The molecule has 1 saturated heterocycles. The maximum atomic E-state index is 12.7. The molecule has 1 aliphatic rings. The van der Waals surface area contributed by atoms with Crippen LogP contribution in [0.1, 0.15) is 33.8 Å².